The quantitative estimate of drug-likeness (QED) is 0.752. The first kappa shape index (κ1) is 12.0. The molecule has 2 nitrogen and oxygen atoms in total. The van der Waals surface area contributed by atoms with Crippen LogP contribution in [0.1, 0.15) is 11.1 Å². The number of thioether (sulfide) groups is 1. The van der Waals surface area contributed by atoms with Gasteiger partial charge in [0.2, 0.25) is 0 Å². The van der Waals surface area contributed by atoms with Gasteiger partial charge in [0.1, 0.15) is 0 Å². The number of rotatable bonds is 0. The van der Waals surface area contributed by atoms with E-state index in [1.54, 1.807) is 23.9 Å². The van der Waals surface area contributed by atoms with Crippen molar-refractivity contribution in [1.29, 1.82) is 0 Å². The molecule has 0 bridgehead atoms. The maximum atomic E-state index is 12.8. The van der Waals surface area contributed by atoms with Gasteiger partial charge in [-0.25, -0.2) is 0 Å². The summed E-state index contributed by atoms with van der Waals surface area (Å²) in [4.78, 5) is 10.5. The first-order chi connectivity index (χ1) is 8.69. The van der Waals surface area contributed by atoms with Crippen LogP contribution in [0, 0.1) is 0 Å². The van der Waals surface area contributed by atoms with Gasteiger partial charge in [0, 0.05) is 22.1 Å². The molecule has 3 rings (SSSR count). The minimum Gasteiger partial charge on any atom is -0.338 e. The van der Waals surface area contributed by atoms with Crippen molar-refractivity contribution < 1.29 is 9.46 Å². The Balaban J connectivity index is 2.28. The molecule has 0 saturated carbocycles. The summed E-state index contributed by atoms with van der Waals surface area (Å²) in [6.45, 7) is 0. The van der Waals surface area contributed by atoms with E-state index in [4.69, 9.17) is 0 Å². The van der Waals surface area contributed by atoms with Gasteiger partial charge < -0.3 is 4.89 Å². The van der Waals surface area contributed by atoms with E-state index in [9.17, 15) is 9.46 Å². The Morgan fingerprint density at radius 1 is 0.889 bits per heavy atom. The van der Waals surface area contributed by atoms with Gasteiger partial charge in [-0.1, -0.05) is 36.4 Å². The second-order valence-electron chi connectivity index (χ2n) is 4.33. The summed E-state index contributed by atoms with van der Waals surface area (Å²) in [6.07, 6.45) is 0. The molecule has 0 aromatic heterocycles. The molecule has 1 heterocycles. The third-order valence-corrected chi connectivity index (χ3v) is 6.36. The highest BCUT2D eigenvalue weighted by Gasteiger charge is 2.30. The Kier molecular flexibility index (Phi) is 3.06. The topological polar surface area (TPSA) is 37.3 Å². The molecule has 0 radical (unpaired) electrons. The average Bonchev–Trinajstić information content (AvgIpc) is 2.38. The molecule has 0 aliphatic carbocycles. The molecule has 4 heteroatoms. The molecule has 0 saturated heterocycles. The maximum Gasteiger partial charge on any atom is 0.259 e. The maximum absolute atomic E-state index is 12.8. The first-order valence-corrected chi connectivity index (χ1v) is 8.58. The molecule has 0 spiro atoms. The van der Waals surface area contributed by atoms with Gasteiger partial charge in [-0.2, -0.15) is 11.8 Å². The van der Waals surface area contributed by atoms with E-state index in [0.717, 1.165) is 22.6 Å². The van der Waals surface area contributed by atoms with Crippen LogP contribution in [0.25, 0.3) is 0 Å². The molecule has 0 amide bonds. The molecule has 1 aliphatic rings. The lowest BCUT2D eigenvalue weighted by Gasteiger charge is -2.21. The molecule has 1 aliphatic heterocycles. The number of benzene rings is 2. The van der Waals surface area contributed by atoms with E-state index in [0.29, 0.717) is 10.6 Å². The third kappa shape index (κ3) is 1.93. The highest BCUT2D eigenvalue weighted by Crippen LogP contribution is 2.43. The van der Waals surface area contributed by atoms with Gasteiger partial charge in [-0.15, -0.1) is 0 Å². The molecule has 2 aromatic carbocycles. The van der Waals surface area contributed by atoms with Crippen molar-refractivity contribution in [1.82, 2.24) is 0 Å². The van der Waals surface area contributed by atoms with E-state index in [2.05, 4.69) is 0 Å². The van der Waals surface area contributed by atoms with Crippen molar-refractivity contribution in [3.05, 3.63) is 59.7 Å². The number of hydrogen-bond acceptors (Lipinski definition) is 2. The summed E-state index contributed by atoms with van der Waals surface area (Å²) >= 11 is 1.78. The lowest BCUT2D eigenvalue weighted by Crippen LogP contribution is -2.23. The summed E-state index contributed by atoms with van der Waals surface area (Å²) in [5, 5.41) is 1.18. The summed E-state index contributed by atoms with van der Waals surface area (Å²) in [7, 11) is -3.45. The minimum atomic E-state index is -3.45. The Hall–Kier alpha value is -1.02. The van der Waals surface area contributed by atoms with E-state index in [-0.39, 0.29) is 0 Å². The molecule has 1 N–H and O–H groups in total. The first-order valence-electron chi connectivity index (χ1n) is 5.77. The van der Waals surface area contributed by atoms with Crippen molar-refractivity contribution in [2.24, 2.45) is 0 Å². The predicted octanol–water partition coefficient (Wildman–Crippen LogP) is 2.65. The zero-order valence-corrected chi connectivity index (χ0v) is 11.5. The molecular formula is C14H13O2PS. The summed E-state index contributed by atoms with van der Waals surface area (Å²) < 4.78 is 12.8. The number of fused-ring (bicyclic) bond motifs is 2. The van der Waals surface area contributed by atoms with E-state index in [1.807, 2.05) is 36.4 Å². The average molecular weight is 276 g/mol. The Morgan fingerprint density at radius 2 is 1.33 bits per heavy atom. The zero-order chi connectivity index (χ0) is 12.6. The van der Waals surface area contributed by atoms with Gasteiger partial charge >= 0.3 is 0 Å². The molecule has 2 aromatic rings. The zero-order valence-electron chi connectivity index (χ0n) is 9.74. The molecule has 0 atom stereocenters. The van der Waals surface area contributed by atoms with Crippen LogP contribution in [0.15, 0.2) is 48.5 Å². The molecule has 18 heavy (non-hydrogen) atoms. The summed E-state index contributed by atoms with van der Waals surface area (Å²) in [5.74, 6) is 1.57. The lowest BCUT2D eigenvalue weighted by molar-refractivity contribution is 0.500. The van der Waals surface area contributed by atoms with Crippen LogP contribution in [0.5, 0.6) is 0 Å². The summed E-state index contributed by atoms with van der Waals surface area (Å²) in [5.41, 5.74) is 1.95. The van der Waals surface area contributed by atoms with Gasteiger partial charge in [0.25, 0.3) is 7.37 Å². The summed E-state index contributed by atoms with van der Waals surface area (Å²) in [6, 6.07) is 14.9. The standard InChI is InChI=1S/C14H13O2PS/c15-17(16)13-7-3-1-5-11(13)9-18-10-12-6-2-4-8-14(12)17/h1-8H,9-10H2,(H,15,16). The van der Waals surface area contributed by atoms with Crippen molar-refractivity contribution in [3.8, 4) is 0 Å². The van der Waals surface area contributed by atoms with Crippen LogP contribution < -0.4 is 10.6 Å². The molecule has 92 valence electrons. The fourth-order valence-corrected chi connectivity index (χ4v) is 5.44. The predicted molar refractivity (Wildman–Crippen MR) is 77.0 cm³/mol. The van der Waals surface area contributed by atoms with Crippen molar-refractivity contribution >= 4 is 29.7 Å². The molecule has 0 fully saturated rings. The highest BCUT2D eigenvalue weighted by molar-refractivity contribution is 7.97. The fraction of sp³-hybridized carbons (Fsp3) is 0.143. The Bertz CT molecular complexity index is 588. The van der Waals surface area contributed by atoms with E-state index in [1.165, 1.54) is 0 Å². The second kappa shape index (κ2) is 4.58. The van der Waals surface area contributed by atoms with Crippen LogP contribution >= 0.6 is 19.1 Å². The lowest BCUT2D eigenvalue weighted by atomic mass is 10.2. The van der Waals surface area contributed by atoms with Gasteiger partial charge in [-0.05, 0) is 23.3 Å². The smallest absolute Gasteiger partial charge is 0.259 e. The Labute approximate surface area is 111 Å². The van der Waals surface area contributed by atoms with Crippen molar-refractivity contribution in [2.75, 3.05) is 0 Å². The minimum absolute atomic E-state index is 0.588. The fourth-order valence-electron chi connectivity index (χ4n) is 2.26. The van der Waals surface area contributed by atoms with Gasteiger partial charge in [-0.3, -0.25) is 4.57 Å². The molecule has 0 unspecified atom stereocenters. The SMILES string of the molecule is O=P1(O)c2ccccc2CSCc2ccccc21. The monoisotopic (exact) mass is 276 g/mol. The molecular weight excluding hydrogens is 263 g/mol. The van der Waals surface area contributed by atoms with Crippen LogP contribution in [0.3, 0.4) is 0 Å². The van der Waals surface area contributed by atoms with Gasteiger partial charge in [0.05, 0.1) is 0 Å². The van der Waals surface area contributed by atoms with Crippen LogP contribution in [-0.2, 0) is 16.1 Å². The van der Waals surface area contributed by atoms with Crippen LogP contribution in [0.4, 0.5) is 0 Å². The third-order valence-electron chi connectivity index (χ3n) is 3.15. The Morgan fingerprint density at radius 3 is 1.83 bits per heavy atom. The van der Waals surface area contributed by atoms with Crippen molar-refractivity contribution in [3.63, 3.8) is 0 Å². The van der Waals surface area contributed by atoms with E-state index >= 15 is 0 Å². The van der Waals surface area contributed by atoms with Crippen LogP contribution in [-0.4, -0.2) is 4.89 Å². The largest absolute Gasteiger partial charge is 0.338 e. The second-order valence-corrected chi connectivity index (χ2v) is 7.43. The van der Waals surface area contributed by atoms with Gasteiger partial charge in [0.15, 0.2) is 0 Å². The normalized spacial score (nSPS) is 17.2. The van der Waals surface area contributed by atoms with E-state index < -0.39 is 7.37 Å². The van der Waals surface area contributed by atoms with Crippen molar-refractivity contribution in [2.45, 2.75) is 11.5 Å². The van der Waals surface area contributed by atoms with Crippen LogP contribution in [0.2, 0.25) is 0 Å². The number of hydrogen-bond donors (Lipinski definition) is 1. The highest BCUT2D eigenvalue weighted by atomic mass is 32.2.